The van der Waals surface area contributed by atoms with Crippen LogP contribution in [0.25, 0.3) is 0 Å². The molecule has 0 unspecified atom stereocenters. The summed E-state index contributed by atoms with van der Waals surface area (Å²) in [6.07, 6.45) is 2.12. The SMILES string of the molecule is CSc1cc(C(C)C)nc(OC(C)C)n1. The van der Waals surface area contributed by atoms with Crippen molar-refractivity contribution in [2.24, 2.45) is 0 Å². The third-order valence-corrected chi connectivity index (χ3v) is 2.47. The van der Waals surface area contributed by atoms with Gasteiger partial charge in [0.15, 0.2) is 0 Å². The molecule has 0 aliphatic rings. The second-order valence-corrected chi connectivity index (χ2v) is 4.77. The molecule has 0 bridgehead atoms. The van der Waals surface area contributed by atoms with Crippen LogP contribution in [0.2, 0.25) is 0 Å². The summed E-state index contributed by atoms with van der Waals surface area (Å²) in [5.41, 5.74) is 1.03. The maximum Gasteiger partial charge on any atom is 0.317 e. The highest BCUT2D eigenvalue weighted by Gasteiger charge is 2.09. The van der Waals surface area contributed by atoms with E-state index in [1.165, 1.54) is 0 Å². The van der Waals surface area contributed by atoms with Crippen molar-refractivity contribution in [2.75, 3.05) is 6.26 Å². The van der Waals surface area contributed by atoms with Gasteiger partial charge in [-0.2, -0.15) is 9.97 Å². The minimum Gasteiger partial charge on any atom is -0.461 e. The monoisotopic (exact) mass is 226 g/mol. The predicted octanol–water partition coefficient (Wildman–Crippen LogP) is 3.11. The van der Waals surface area contributed by atoms with E-state index in [9.17, 15) is 0 Å². The Hall–Kier alpha value is -0.770. The van der Waals surface area contributed by atoms with Gasteiger partial charge in [-0.15, -0.1) is 11.8 Å². The van der Waals surface area contributed by atoms with E-state index < -0.39 is 0 Å². The quantitative estimate of drug-likeness (QED) is 0.583. The molecular weight excluding hydrogens is 208 g/mol. The number of thioether (sulfide) groups is 1. The zero-order valence-electron chi connectivity index (χ0n) is 9.94. The van der Waals surface area contributed by atoms with Crippen molar-refractivity contribution in [1.29, 1.82) is 0 Å². The molecule has 0 radical (unpaired) electrons. The van der Waals surface area contributed by atoms with Crippen LogP contribution < -0.4 is 4.74 Å². The van der Waals surface area contributed by atoms with Crippen LogP contribution in [0.1, 0.15) is 39.3 Å². The number of hydrogen-bond donors (Lipinski definition) is 0. The normalized spacial score (nSPS) is 11.1. The van der Waals surface area contributed by atoms with Crippen LogP contribution in [0.4, 0.5) is 0 Å². The Kier molecular flexibility index (Phi) is 4.39. The van der Waals surface area contributed by atoms with Gasteiger partial charge >= 0.3 is 6.01 Å². The first-order valence-electron chi connectivity index (χ1n) is 5.12. The highest BCUT2D eigenvalue weighted by atomic mass is 32.2. The van der Waals surface area contributed by atoms with Crippen LogP contribution in [0, 0.1) is 0 Å². The molecule has 1 aromatic rings. The second kappa shape index (κ2) is 5.35. The molecule has 3 nitrogen and oxygen atoms in total. The smallest absolute Gasteiger partial charge is 0.317 e. The highest BCUT2D eigenvalue weighted by molar-refractivity contribution is 7.98. The first-order chi connectivity index (χ1) is 7.02. The molecular formula is C11H18N2OS. The molecule has 15 heavy (non-hydrogen) atoms. The van der Waals surface area contributed by atoms with Crippen molar-refractivity contribution >= 4 is 11.8 Å². The fraction of sp³-hybridized carbons (Fsp3) is 0.636. The van der Waals surface area contributed by atoms with Crippen molar-refractivity contribution in [3.8, 4) is 6.01 Å². The van der Waals surface area contributed by atoms with Gasteiger partial charge in [0.05, 0.1) is 11.8 Å². The van der Waals surface area contributed by atoms with E-state index in [0.717, 1.165) is 10.7 Å². The van der Waals surface area contributed by atoms with Crippen LogP contribution in [0.5, 0.6) is 6.01 Å². The summed E-state index contributed by atoms with van der Waals surface area (Å²) in [5, 5.41) is 0.962. The molecule has 0 aliphatic carbocycles. The summed E-state index contributed by atoms with van der Waals surface area (Å²) in [6, 6.07) is 2.50. The van der Waals surface area contributed by atoms with Crippen LogP contribution in [-0.2, 0) is 0 Å². The van der Waals surface area contributed by atoms with E-state index in [1.807, 2.05) is 26.2 Å². The minimum absolute atomic E-state index is 0.113. The van der Waals surface area contributed by atoms with Crippen LogP contribution in [0.3, 0.4) is 0 Å². The number of hydrogen-bond acceptors (Lipinski definition) is 4. The van der Waals surface area contributed by atoms with Gasteiger partial charge in [0, 0.05) is 0 Å². The fourth-order valence-electron chi connectivity index (χ4n) is 1.08. The molecule has 1 rings (SSSR count). The van der Waals surface area contributed by atoms with Gasteiger partial charge < -0.3 is 4.74 Å². The summed E-state index contributed by atoms with van der Waals surface area (Å²) in [5.74, 6) is 0.397. The molecule has 0 spiro atoms. The van der Waals surface area contributed by atoms with Crippen molar-refractivity contribution < 1.29 is 4.74 Å². The molecule has 0 saturated carbocycles. The summed E-state index contributed by atoms with van der Waals surface area (Å²) < 4.78 is 5.51. The van der Waals surface area contributed by atoms with Gasteiger partial charge in [0.2, 0.25) is 0 Å². The van der Waals surface area contributed by atoms with Crippen molar-refractivity contribution in [3.63, 3.8) is 0 Å². The maximum absolute atomic E-state index is 5.51. The maximum atomic E-state index is 5.51. The largest absolute Gasteiger partial charge is 0.461 e. The molecule has 0 N–H and O–H groups in total. The molecule has 0 atom stereocenters. The lowest BCUT2D eigenvalue weighted by Gasteiger charge is -2.11. The lowest BCUT2D eigenvalue weighted by atomic mass is 10.1. The van der Waals surface area contributed by atoms with Gasteiger partial charge in [-0.1, -0.05) is 13.8 Å². The van der Waals surface area contributed by atoms with E-state index in [2.05, 4.69) is 23.8 Å². The first kappa shape index (κ1) is 12.3. The Balaban J connectivity index is 3.00. The average molecular weight is 226 g/mol. The van der Waals surface area contributed by atoms with Gasteiger partial charge in [-0.25, -0.2) is 0 Å². The van der Waals surface area contributed by atoms with Crippen molar-refractivity contribution in [1.82, 2.24) is 9.97 Å². The van der Waals surface area contributed by atoms with E-state index >= 15 is 0 Å². The topological polar surface area (TPSA) is 35.0 Å². The van der Waals surface area contributed by atoms with Crippen molar-refractivity contribution in [3.05, 3.63) is 11.8 Å². The van der Waals surface area contributed by atoms with Crippen LogP contribution in [-0.4, -0.2) is 22.3 Å². The van der Waals surface area contributed by atoms with Gasteiger partial charge in [0.1, 0.15) is 5.03 Å². The standard InChI is InChI=1S/C11H18N2OS/c1-7(2)9-6-10(15-5)13-11(12-9)14-8(3)4/h6-8H,1-5H3. The molecule has 4 heteroatoms. The second-order valence-electron chi connectivity index (χ2n) is 3.94. The van der Waals surface area contributed by atoms with E-state index in [4.69, 9.17) is 4.74 Å². The Bertz CT molecular complexity index is 326. The molecule has 1 heterocycles. The van der Waals surface area contributed by atoms with E-state index in [-0.39, 0.29) is 6.10 Å². The Labute approximate surface area is 95.7 Å². The number of aromatic nitrogens is 2. The number of ether oxygens (including phenoxy) is 1. The van der Waals surface area contributed by atoms with E-state index in [0.29, 0.717) is 11.9 Å². The first-order valence-corrected chi connectivity index (χ1v) is 6.35. The van der Waals surface area contributed by atoms with E-state index in [1.54, 1.807) is 11.8 Å². The lowest BCUT2D eigenvalue weighted by molar-refractivity contribution is 0.219. The minimum atomic E-state index is 0.113. The molecule has 1 aromatic heterocycles. The van der Waals surface area contributed by atoms with Crippen LogP contribution in [0.15, 0.2) is 11.1 Å². The van der Waals surface area contributed by atoms with Gasteiger partial charge in [-0.3, -0.25) is 0 Å². The summed E-state index contributed by atoms with van der Waals surface area (Å²) in [4.78, 5) is 8.68. The average Bonchev–Trinajstić information content (AvgIpc) is 2.16. The van der Waals surface area contributed by atoms with Crippen molar-refractivity contribution in [2.45, 2.75) is 44.7 Å². The lowest BCUT2D eigenvalue weighted by Crippen LogP contribution is -2.10. The third-order valence-electron chi connectivity index (χ3n) is 1.84. The highest BCUT2D eigenvalue weighted by Crippen LogP contribution is 2.21. The summed E-state index contributed by atoms with van der Waals surface area (Å²) in [7, 11) is 0. The molecule has 0 amide bonds. The molecule has 84 valence electrons. The number of nitrogens with zero attached hydrogens (tertiary/aromatic N) is 2. The molecule has 0 fully saturated rings. The number of rotatable bonds is 4. The Morgan fingerprint density at radius 3 is 2.33 bits per heavy atom. The van der Waals surface area contributed by atoms with Gasteiger partial charge in [0.25, 0.3) is 0 Å². The van der Waals surface area contributed by atoms with Crippen LogP contribution >= 0.6 is 11.8 Å². The third kappa shape index (κ3) is 3.70. The summed E-state index contributed by atoms with van der Waals surface area (Å²) >= 11 is 1.61. The fourth-order valence-corrected chi connectivity index (χ4v) is 1.49. The molecule has 0 aromatic carbocycles. The molecule has 0 aliphatic heterocycles. The predicted molar refractivity (Wildman–Crippen MR) is 63.7 cm³/mol. The zero-order chi connectivity index (χ0) is 11.4. The summed E-state index contributed by atoms with van der Waals surface area (Å²) in [6.45, 7) is 8.19. The Morgan fingerprint density at radius 1 is 1.20 bits per heavy atom. The molecule has 0 saturated heterocycles. The van der Waals surface area contributed by atoms with Gasteiger partial charge in [-0.05, 0) is 32.1 Å². The Morgan fingerprint density at radius 2 is 1.87 bits per heavy atom. The zero-order valence-corrected chi connectivity index (χ0v) is 10.8.